The Bertz CT molecular complexity index is 1380. The quantitative estimate of drug-likeness (QED) is 0.205. The van der Waals surface area contributed by atoms with Crippen LogP contribution >= 0.6 is 0 Å². The number of ether oxygens (including phenoxy) is 2. The van der Waals surface area contributed by atoms with Crippen LogP contribution < -0.4 is 19.5 Å². The van der Waals surface area contributed by atoms with Crippen LogP contribution in [0.5, 0.6) is 11.5 Å². The highest BCUT2D eigenvalue weighted by Crippen LogP contribution is 2.19. The zero-order valence-corrected chi connectivity index (χ0v) is 22.7. The van der Waals surface area contributed by atoms with E-state index < -0.39 is 16.1 Å². The van der Waals surface area contributed by atoms with Gasteiger partial charge in [0.15, 0.2) is 0 Å². The molecule has 204 valence electrons. The van der Waals surface area contributed by atoms with Crippen molar-refractivity contribution in [2.45, 2.75) is 37.0 Å². The smallest absolute Gasteiger partial charge is 0.261 e. The Hall–Kier alpha value is -3.85. The Labute approximate surface area is 230 Å². The minimum atomic E-state index is -3.62. The molecule has 0 aromatic heterocycles. The van der Waals surface area contributed by atoms with Crippen LogP contribution in [-0.2, 0) is 23.1 Å². The Morgan fingerprint density at radius 2 is 1.33 bits per heavy atom. The number of benzene rings is 4. The third-order valence-electron chi connectivity index (χ3n) is 6.02. The molecule has 3 N–H and O–H groups in total. The molecule has 4 rings (SSSR count). The Morgan fingerprint density at radius 1 is 0.744 bits per heavy atom. The highest BCUT2D eigenvalue weighted by molar-refractivity contribution is 7.92. The summed E-state index contributed by atoms with van der Waals surface area (Å²) in [5, 5.41) is 13.7. The van der Waals surface area contributed by atoms with Gasteiger partial charge in [-0.1, -0.05) is 60.7 Å². The number of hydrogen-bond acceptors (Lipinski definition) is 6. The van der Waals surface area contributed by atoms with Gasteiger partial charge in [-0.3, -0.25) is 4.72 Å². The van der Waals surface area contributed by atoms with E-state index in [1.54, 1.807) is 42.5 Å². The van der Waals surface area contributed by atoms with Crippen molar-refractivity contribution in [2.24, 2.45) is 0 Å². The molecule has 8 heteroatoms. The van der Waals surface area contributed by atoms with E-state index in [1.165, 1.54) is 0 Å². The van der Waals surface area contributed by atoms with Gasteiger partial charge in [0.2, 0.25) is 0 Å². The molecule has 0 aliphatic heterocycles. The molecular weight excluding hydrogens is 512 g/mol. The minimum absolute atomic E-state index is 0.104. The lowest BCUT2D eigenvalue weighted by molar-refractivity contribution is 0.104. The predicted octanol–water partition coefficient (Wildman–Crippen LogP) is 5.03. The molecule has 0 radical (unpaired) electrons. The van der Waals surface area contributed by atoms with Crippen molar-refractivity contribution in [3.63, 3.8) is 0 Å². The molecule has 0 amide bonds. The molecule has 0 saturated heterocycles. The molecule has 0 aliphatic carbocycles. The van der Waals surface area contributed by atoms with Crippen molar-refractivity contribution in [3.8, 4) is 11.5 Å². The van der Waals surface area contributed by atoms with Crippen LogP contribution in [0.1, 0.15) is 18.1 Å². The maximum absolute atomic E-state index is 12.5. The van der Waals surface area contributed by atoms with Gasteiger partial charge in [0, 0.05) is 18.3 Å². The normalized spacial score (nSPS) is 12.9. The molecule has 0 bridgehead atoms. The fraction of sp³-hybridized carbons (Fsp3) is 0.226. The van der Waals surface area contributed by atoms with E-state index in [-0.39, 0.29) is 17.5 Å². The number of rotatable bonds is 14. The van der Waals surface area contributed by atoms with Crippen LogP contribution in [0, 0.1) is 0 Å². The summed E-state index contributed by atoms with van der Waals surface area (Å²) in [5.41, 5.74) is 2.66. The SMILES string of the molecule is C[C@@H](Cc1ccc(NS(=O)(=O)c2ccccc2)cc1)NC[C@H](O)COc1ccc(OCc2ccccc2)cc1. The van der Waals surface area contributed by atoms with E-state index in [0.717, 1.165) is 23.3 Å². The Morgan fingerprint density at radius 3 is 1.97 bits per heavy atom. The van der Waals surface area contributed by atoms with Gasteiger partial charge in [-0.05, 0) is 73.0 Å². The van der Waals surface area contributed by atoms with Crippen molar-refractivity contribution in [3.05, 3.63) is 120 Å². The van der Waals surface area contributed by atoms with Crippen molar-refractivity contribution in [2.75, 3.05) is 17.9 Å². The first-order valence-corrected chi connectivity index (χ1v) is 14.3. The molecule has 0 heterocycles. The van der Waals surface area contributed by atoms with E-state index in [4.69, 9.17) is 9.47 Å². The lowest BCUT2D eigenvalue weighted by atomic mass is 10.1. The maximum Gasteiger partial charge on any atom is 0.261 e. The van der Waals surface area contributed by atoms with E-state index in [0.29, 0.717) is 24.6 Å². The number of nitrogens with one attached hydrogen (secondary N) is 2. The fourth-order valence-electron chi connectivity index (χ4n) is 3.91. The number of anilines is 1. The third-order valence-corrected chi connectivity index (χ3v) is 7.42. The number of aliphatic hydroxyl groups is 1. The van der Waals surface area contributed by atoms with E-state index >= 15 is 0 Å². The summed E-state index contributed by atoms with van der Waals surface area (Å²) in [7, 11) is -3.62. The second-order valence-electron chi connectivity index (χ2n) is 9.34. The maximum atomic E-state index is 12.5. The molecule has 39 heavy (non-hydrogen) atoms. The van der Waals surface area contributed by atoms with E-state index in [1.807, 2.05) is 73.7 Å². The second-order valence-corrected chi connectivity index (χ2v) is 11.0. The van der Waals surface area contributed by atoms with Gasteiger partial charge < -0.3 is 19.9 Å². The van der Waals surface area contributed by atoms with Crippen molar-refractivity contribution in [1.29, 1.82) is 0 Å². The lowest BCUT2D eigenvalue weighted by Gasteiger charge is -2.18. The molecule has 0 fully saturated rings. The highest BCUT2D eigenvalue weighted by Gasteiger charge is 2.14. The molecule has 0 unspecified atom stereocenters. The summed E-state index contributed by atoms with van der Waals surface area (Å²) < 4.78 is 39.1. The largest absolute Gasteiger partial charge is 0.491 e. The first-order chi connectivity index (χ1) is 18.9. The first-order valence-electron chi connectivity index (χ1n) is 12.9. The molecule has 0 aliphatic rings. The van der Waals surface area contributed by atoms with E-state index in [2.05, 4.69) is 10.0 Å². The molecule has 4 aromatic carbocycles. The standard InChI is InChI=1S/C31H34N2O5S/c1-24(20-25-12-14-27(15-13-25)33-39(35,36)31-10-6-3-7-11-31)32-21-28(34)23-38-30-18-16-29(17-19-30)37-22-26-8-4-2-5-9-26/h2-19,24,28,32-34H,20-23H2,1H3/t24-,28-/m0/s1. The Balaban J connectivity index is 1.15. The molecule has 7 nitrogen and oxygen atoms in total. The summed E-state index contributed by atoms with van der Waals surface area (Å²) in [5.74, 6) is 1.42. The second kappa shape index (κ2) is 13.8. The monoisotopic (exact) mass is 546 g/mol. The van der Waals surface area contributed by atoms with Crippen LogP contribution in [0.4, 0.5) is 5.69 Å². The predicted molar refractivity (Wildman–Crippen MR) is 154 cm³/mol. The number of hydrogen-bond donors (Lipinski definition) is 3. The topological polar surface area (TPSA) is 96.9 Å². The fourth-order valence-corrected chi connectivity index (χ4v) is 4.99. The van der Waals surface area contributed by atoms with Crippen LogP contribution in [-0.4, -0.2) is 38.8 Å². The van der Waals surface area contributed by atoms with Gasteiger partial charge in [-0.2, -0.15) is 0 Å². The summed E-state index contributed by atoms with van der Waals surface area (Å²) in [6, 6.07) is 33.0. The summed E-state index contributed by atoms with van der Waals surface area (Å²) in [6.07, 6.45) is 0.0558. The van der Waals surface area contributed by atoms with Crippen molar-refractivity contribution in [1.82, 2.24) is 5.32 Å². The minimum Gasteiger partial charge on any atom is -0.491 e. The summed E-state index contributed by atoms with van der Waals surface area (Å²) in [4.78, 5) is 0.222. The number of aliphatic hydroxyl groups excluding tert-OH is 1. The molecule has 0 spiro atoms. The van der Waals surface area contributed by atoms with Crippen LogP contribution in [0.2, 0.25) is 0 Å². The zero-order chi connectivity index (χ0) is 27.5. The summed E-state index contributed by atoms with van der Waals surface area (Å²) in [6.45, 7) is 3.09. The van der Waals surface area contributed by atoms with Crippen LogP contribution in [0.25, 0.3) is 0 Å². The van der Waals surface area contributed by atoms with Crippen LogP contribution in [0.15, 0.2) is 114 Å². The van der Waals surface area contributed by atoms with Crippen molar-refractivity contribution < 1.29 is 23.0 Å². The van der Waals surface area contributed by atoms with Gasteiger partial charge in [0.25, 0.3) is 10.0 Å². The van der Waals surface area contributed by atoms with Crippen molar-refractivity contribution >= 4 is 15.7 Å². The van der Waals surface area contributed by atoms with Gasteiger partial charge in [-0.15, -0.1) is 0 Å². The lowest BCUT2D eigenvalue weighted by Crippen LogP contribution is -2.37. The molecular formula is C31H34N2O5S. The van der Waals surface area contributed by atoms with E-state index in [9.17, 15) is 13.5 Å². The average molecular weight is 547 g/mol. The third kappa shape index (κ3) is 9.14. The Kier molecular flexibility index (Phi) is 9.97. The van der Waals surface area contributed by atoms with Gasteiger partial charge in [0.05, 0.1) is 4.90 Å². The summed E-state index contributed by atoms with van der Waals surface area (Å²) >= 11 is 0. The number of sulfonamides is 1. The zero-order valence-electron chi connectivity index (χ0n) is 21.9. The molecule has 0 saturated carbocycles. The van der Waals surface area contributed by atoms with Gasteiger partial charge >= 0.3 is 0 Å². The first kappa shape index (κ1) is 28.2. The van der Waals surface area contributed by atoms with Gasteiger partial charge in [0.1, 0.15) is 30.8 Å². The average Bonchev–Trinajstić information content (AvgIpc) is 2.96. The van der Waals surface area contributed by atoms with Crippen LogP contribution in [0.3, 0.4) is 0 Å². The van der Waals surface area contributed by atoms with Gasteiger partial charge in [-0.25, -0.2) is 8.42 Å². The highest BCUT2D eigenvalue weighted by atomic mass is 32.2. The molecule has 2 atom stereocenters. The molecule has 4 aromatic rings.